The zero-order valence-electron chi connectivity index (χ0n) is 10.2. The minimum absolute atomic E-state index is 0.433. The Morgan fingerprint density at radius 3 is 2.88 bits per heavy atom. The van der Waals surface area contributed by atoms with Crippen molar-refractivity contribution in [1.82, 2.24) is 14.9 Å². The Morgan fingerprint density at radius 2 is 2.18 bits per heavy atom. The SMILES string of the molecule is CC(CNc1cncc(Cl)n1)CN1CCCC1. The van der Waals surface area contributed by atoms with Crippen LogP contribution >= 0.6 is 11.6 Å². The van der Waals surface area contributed by atoms with E-state index in [9.17, 15) is 0 Å². The number of halogens is 1. The molecule has 0 spiro atoms. The Hall–Kier alpha value is -0.870. The quantitative estimate of drug-likeness (QED) is 0.875. The topological polar surface area (TPSA) is 41.1 Å². The second kappa shape index (κ2) is 6.17. The van der Waals surface area contributed by atoms with Crippen molar-refractivity contribution >= 4 is 17.4 Å². The molecular weight excluding hydrogens is 236 g/mol. The first-order valence-electron chi connectivity index (χ1n) is 6.18. The summed E-state index contributed by atoms with van der Waals surface area (Å²) in [4.78, 5) is 10.7. The molecule has 4 nitrogen and oxygen atoms in total. The van der Waals surface area contributed by atoms with Gasteiger partial charge in [0.2, 0.25) is 0 Å². The molecule has 1 saturated heterocycles. The van der Waals surface area contributed by atoms with Crippen LogP contribution in [0.2, 0.25) is 5.15 Å². The minimum atomic E-state index is 0.433. The summed E-state index contributed by atoms with van der Waals surface area (Å²) in [7, 11) is 0. The van der Waals surface area contributed by atoms with Gasteiger partial charge in [0.1, 0.15) is 11.0 Å². The number of hydrogen-bond donors (Lipinski definition) is 1. The summed E-state index contributed by atoms with van der Waals surface area (Å²) in [5.41, 5.74) is 0. The van der Waals surface area contributed by atoms with Crippen LogP contribution in [0.1, 0.15) is 19.8 Å². The van der Waals surface area contributed by atoms with Crippen LogP contribution in [0.5, 0.6) is 0 Å². The molecule has 2 heterocycles. The molecule has 1 aromatic rings. The van der Waals surface area contributed by atoms with Gasteiger partial charge in [-0.3, -0.25) is 4.98 Å². The maximum Gasteiger partial charge on any atom is 0.149 e. The van der Waals surface area contributed by atoms with Crippen LogP contribution in [0.4, 0.5) is 5.82 Å². The molecule has 94 valence electrons. The Kier molecular flexibility index (Phi) is 4.57. The number of rotatable bonds is 5. The first-order chi connectivity index (χ1) is 8.24. The second-order valence-corrected chi connectivity index (χ2v) is 5.11. The first-order valence-corrected chi connectivity index (χ1v) is 6.55. The summed E-state index contributed by atoms with van der Waals surface area (Å²) in [5.74, 6) is 1.36. The van der Waals surface area contributed by atoms with E-state index in [4.69, 9.17) is 11.6 Å². The van der Waals surface area contributed by atoms with Crippen molar-refractivity contribution in [1.29, 1.82) is 0 Å². The van der Waals surface area contributed by atoms with Gasteiger partial charge >= 0.3 is 0 Å². The van der Waals surface area contributed by atoms with Gasteiger partial charge in [-0.15, -0.1) is 0 Å². The van der Waals surface area contributed by atoms with Gasteiger partial charge in [-0.2, -0.15) is 0 Å². The molecule has 1 aliphatic heterocycles. The number of likely N-dealkylation sites (tertiary alicyclic amines) is 1. The fourth-order valence-corrected chi connectivity index (χ4v) is 2.32. The summed E-state index contributed by atoms with van der Waals surface area (Å²) in [6.07, 6.45) is 5.94. The van der Waals surface area contributed by atoms with Gasteiger partial charge in [0.25, 0.3) is 0 Å². The molecule has 1 aromatic heterocycles. The zero-order valence-corrected chi connectivity index (χ0v) is 11.0. The van der Waals surface area contributed by atoms with Gasteiger partial charge in [-0.25, -0.2) is 4.98 Å². The van der Waals surface area contributed by atoms with Crippen molar-refractivity contribution in [2.24, 2.45) is 5.92 Å². The van der Waals surface area contributed by atoms with E-state index in [1.54, 1.807) is 12.4 Å². The van der Waals surface area contributed by atoms with Gasteiger partial charge in [0, 0.05) is 13.1 Å². The maximum atomic E-state index is 5.78. The van der Waals surface area contributed by atoms with Crippen LogP contribution in [-0.4, -0.2) is 41.0 Å². The molecule has 0 radical (unpaired) electrons. The largest absolute Gasteiger partial charge is 0.368 e. The normalized spacial score (nSPS) is 18.2. The molecule has 0 aliphatic carbocycles. The lowest BCUT2D eigenvalue weighted by atomic mass is 10.1. The Morgan fingerprint density at radius 1 is 1.41 bits per heavy atom. The van der Waals surface area contributed by atoms with E-state index >= 15 is 0 Å². The van der Waals surface area contributed by atoms with E-state index in [0.717, 1.165) is 18.9 Å². The second-order valence-electron chi connectivity index (χ2n) is 4.72. The summed E-state index contributed by atoms with van der Waals surface area (Å²) in [6, 6.07) is 0. The molecule has 1 fully saturated rings. The standard InChI is InChI=1S/C12H19ClN4/c1-10(9-17-4-2-3-5-17)6-15-12-8-14-7-11(13)16-12/h7-8,10H,2-6,9H2,1H3,(H,15,16). The molecule has 1 N–H and O–H groups in total. The fourth-order valence-electron chi connectivity index (χ4n) is 2.18. The predicted octanol–water partition coefficient (Wildman–Crippen LogP) is 2.27. The third-order valence-electron chi connectivity index (χ3n) is 3.01. The molecule has 17 heavy (non-hydrogen) atoms. The number of hydrogen-bond acceptors (Lipinski definition) is 4. The highest BCUT2D eigenvalue weighted by atomic mass is 35.5. The Bertz CT molecular complexity index is 352. The van der Waals surface area contributed by atoms with Crippen LogP contribution in [0, 0.1) is 5.92 Å². The van der Waals surface area contributed by atoms with Crippen molar-refractivity contribution < 1.29 is 0 Å². The average molecular weight is 255 g/mol. The molecule has 1 atom stereocenters. The smallest absolute Gasteiger partial charge is 0.149 e. The summed E-state index contributed by atoms with van der Waals surface area (Å²) < 4.78 is 0. The van der Waals surface area contributed by atoms with Crippen molar-refractivity contribution in [3.63, 3.8) is 0 Å². The van der Waals surface area contributed by atoms with Gasteiger partial charge in [-0.1, -0.05) is 18.5 Å². The number of aromatic nitrogens is 2. The van der Waals surface area contributed by atoms with Crippen LogP contribution in [0.25, 0.3) is 0 Å². The predicted molar refractivity (Wildman–Crippen MR) is 70.4 cm³/mol. The van der Waals surface area contributed by atoms with Crippen molar-refractivity contribution in [2.45, 2.75) is 19.8 Å². The van der Waals surface area contributed by atoms with Crippen molar-refractivity contribution in [3.8, 4) is 0 Å². The monoisotopic (exact) mass is 254 g/mol. The molecule has 0 saturated carbocycles. The Balaban J connectivity index is 1.73. The molecular formula is C12H19ClN4. The van der Waals surface area contributed by atoms with E-state index in [1.807, 2.05) is 0 Å². The zero-order chi connectivity index (χ0) is 12.1. The maximum absolute atomic E-state index is 5.78. The van der Waals surface area contributed by atoms with Gasteiger partial charge < -0.3 is 10.2 Å². The third kappa shape index (κ3) is 4.13. The van der Waals surface area contributed by atoms with Gasteiger partial charge in [0.05, 0.1) is 12.4 Å². The highest BCUT2D eigenvalue weighted by Crippen LogP contribution is 2.11. The molecule has 0 amide bonds. The van der Waals surface area contributed by atoms with Crippen LogP contribution in [-0.2, 0) is 0 Å². The lowest BCUT2D eigenvalue weighted by molar-refractivity contribution is 0.294. The molecule has 0 bridgehead atoms. The number of nitrogens with one attached hydrogen (secondary N) is 1. The molecule has 0 aromatic carbocycles. The first kappa shape index (κ1) is 12.6. The van der Waals surface area contributed by atoms with Gasteiger partial charge in [0.15, 0.2) is 0 Å². The number of nitrogens with zero attached hydrogens (tertiary/aromatic N) is 3. The molecule has 5 heteroatoms. The molecule has 2 rings (SSSR count). The van der Waals surface area contributed by atoms with E-state index in [2.05, 4.69) is 27.1 Å². The molecule has 1 aliphatic rings. The van der Waals surface area contributed by atoms with E-state index < -0.39 is 0 Å². The average Bonchev–Trinajstić information content (AvgIpc) is 2.79. The third-order valence-corrected chi connectivity index (χ3v) is 3.19. The summed E-state index contributed by atoms with van der Waals surface area (Å²) >= 11 is 5.78. The van der Waals surface area contributed by atoms with Crippen LogP contribution in [0.3, 0.4) is 0 Å². The van der Waals surface area contributed by atoms with Crippen LogP contribution in [0.15, 0.2) is 12.4 Å². The Labute approximate surface area is 107 Å². The van der Waals surface area contributed by atoms with Crippen molar-refractivity contribution in [3.05, 3.63) is 17.5 Å². The number of anilines is 1. The molecule has 1 unspecified atom stereocenters. The van der Waals surface area contributed by atoms with Gasteiger partial charge in [-0.05, 0) is 31.8 Å². The van der Waals surface area contributed by atoms with E-state index in [1.165, 1.54) is 25.9 Å². The van der Waals surface area contributed by atoms with Crippen LogP contribution < -0.4 is 5.32 Å². The fraction of sp³-hybridized carbons (Fsp3) is 0.667. The summed E-state index contributed by atoms with van der Waals surface area (Å²) in [5, 5.41) is 3.71. The van der Waals surface area contributed by atoms with Crippen molar-refractivity contribution in [2.75, 3.05) is 31.5 Å². The van der Waals surface area contributed by atoms with E-state index in [0.29, 0.717) is 11.1 Å². The lowest BCUT2D eigenvalue weighted by Crippen LogP contribution is -2.29. The minimum Gasteiger partial charge on any atom is -0.368 e. The van der Waals surface area contributed by atoms with E-state index in [-0.39, 0.29) is 0 Å². The highest BCUT2D eigenvalue weighted by Gasteiger charge is 2.14. The highest BCUT2D eigenvalue weighted by molar-refractivity contribution is 6.29. The summed E-state index contributed by atoms with van der Waals surface area (Å²) in [6.45, 7) is 6.82. The lowest BCUT2D eigenvalue weighted by Gasteiger charge is -2.20.